The first-order valence-electron chi connectivity index (χ1n) is 7.93. The summed E-state index contributed by atoms with van der Waals surface area (Å²) in [4.78, 5) is 4.24. The smallest absolute Gasteiger partial charge is 0.229 e. The molecule has 0 unspecified atom stereocenters. The van der Waals surface area contributed by atoms with Gasteiger partial charge < -0.3 is 39.7 Å². The Bertz CT molecular complexity index is 622. The minimum atomic E-state index is -1.53. The van der Waals surface area contributed by atoms with E-state index < -0.39 is 37.3 Å². The lowest BCUT2D eigenvalue weighted by molar-refractivity contribution is -0.277. The number of aliphatic hydroxyl groups is 5. The molecule has 138 valence electrons. The average molecular weight is 355 g/mol. The van der Waals surface area contributed by atoms with Gasteiger partial charge in [-0.25, -0.2) is 4.99 Å². The molecule has 1 aromatic carbocycles. The summed E-state index contributed by atoms with van der Waals surface area (Å²) in [5.74, 6) is 0.573. The number of ether oxygens (including phenoxy) is 3. The van der Waals surface area contributed by atoms with Crippen LogP contribution in [-0.4, -0.2) is 88.0 Å². The standard InChI is InChI=1S/C16H21NO8/c18-5-8-7-23-15(17-8)9-3-1-2-4-10(9)24-16-14(22)13(21)12(20)11(6-19)25-16/h1-4,8,11-14,16,18-22H,5-7H2/t8-,11-,12-,13+,14-,16-/m1/s1. The van der Waals surface area contributed by atoms with Gasteiger partial charge in [-0.05, 0) is 12.1 Å². The molecule has 25 heavy (non-hydrogen) atoms. The molecule has 2 aliphatic heterocycles. The van der Waals surface area contributed by atoms with Gasteiger partial charge >= 0.3 is 0 Å². The van der Waals surface area contributed by atoms with E-state index in [9.17, 15) is 20.4 Å². The number of aliphatic hydroxyl groups excluding tert-OH is 5. The summed E-state index contributed by atoms with van der Waals surface area (Å²) in [5, 5.41) is 48.1. The summed E-state index contributed by atoms with van der Waals surface area (Å²) < 4.78 is 16.5. The fourth-order valence-electron chi connectivity index (χ4n) is 2.69. The third kappa shape index (κ3) is 3.61. The zero-order chi connectivity index (χ0) is 18.0. The Morgan fingerprint density at radius 1 is 1.04 bits per heavy atom. The largest absolute Gasteiger partial charge is 0.475 e. The Morgan fingerprint density at radius 2 is 1.80 bits per heavy atom. The molecule has 0 radical (unpaired) electrons. The monoisotopic (exact) mass is 355 g/mol. The molecule has 3 rings (SSSR count). The topological polar surface area (TPSA) is 141 Å². The molecule has 9 nitrogen and oxygen atoms in total. The first-order valence-corrected chi connectivity index (χ1v) is 7.93. The summed E-state index contributed by atoms with van der Waals surface area (Å²) in [5.41, 5.74) is 0.496. The molecule has 0 aliphatic carbocycles. The van der Waals surface area contributed by atoms with Crippen molar-refractivity contribution in [2.45, 2.75) is 36.7 Å². The highest BCUT2D eigenvalue weighted by atomic mass is 16.7. The van der Waals surface area contributed by atoms with Crippen molar-refractivity contribution in [3.63, 3.8) is 0 Å². The van der Waals surface area contributed by atoms with Gasteiger partial charge in [-0.1, -0.05) is 12.1 Å². The van der Waals surface area contributed by atoms with Crippen molar-refractivity contribution >= 4 is 5.90 Å². The molecular formula is C16H21NO8. The molecule has 1 aromatic rings. The van der Waals surface area contributed by atoms with Crippen molar-refractivity contribution in [3.05, 3.63) is 29.8 Å². The van der Waals surface area contributed by atoms with Crippen LogP contribution in [0.1, 0.15) is 5.56 Å². The van der Waals surface area contributed by atoms with Crippen LogP contribution in [0.25, 0.3) is 0 Å². The first kappa shape index (κ1) is 18.1. The highest BCUT2D eigenvalue weighted by Gasteiger charge is 2.45. The maximum atomic E-state index is 10.1. The highest BCUT2D eigenvalue weighted by molar-refractivity contribution is 5.97. The molecule has 1 fully saturated rings. The SMILES string of the molecule is OC[C@@H]1COC(c2ccccc2O[C@@H]2O[C@H](CO)[C@@H](O)[C@H](O)[C@H]2O)=N1. The Labute approximate surface area is 143 Å². The molecule has 5 N–H and O–H groups in total. The van der Waals surface area contributed by atoms with Crippen LogP contribution in [0.2, 0.25) is 0 Å². The van der Waals surface area contributed by atoms with E-state index in [-0.39, 0.29) is 25.0 Å². The normalized spacial score (nSPS) is 35.2. The second-order valence-corrected chi connectivity index (χ2v) is 5.89. The van der Waals surface area contributed by atoms with Gasteiger partial charge in [0.2, 0.25) is 12.2 Å². The number of hydrogen-bond acceptors (Lipinski definition) is 9. The number of rotatable bonds is 5. The maximum absolute atomic E-state index is 10.1. The van der Waals surface area contributed by atoms with Gasteiger partial charge in [0, 0.05) is 0 Å². The quantitative estimate of drug-likeness (QED) is 0.408. The van der Waals surface area contributed by atoms with Crippen LogP contribution in [0.3, 0.4) is 0 Å². The van der Waals surface area contributed by atoms with E-state index in [1.807, 2.05) is 0 Å². The van der Waals surface area contributed by atoms with E-state index in [0.717, 1.165) is 0 Å². The Balaban J connectivity index is 1.81. The van der Waals surface area contributed by atoms with E-state index >= 15 is 0 Å². The van der Waals surface area contributed by atoms with E-state index in [2.05, 4.69) is 4.99 Å². The molecule has 6 atom stereocenters. The van der Waals surface area contributed by atoms with Crippen LogP contribution in [0.15, 0.2) is 29.3 Å². The minimum Gasteiger partial charge on any atom is -0.475 e. The lowest BCUT2D eigenvalue weighted by Crippen LogP contribution is -2.60. The van der Waals surface area contributed by atoms with Crippen molar-refractivity contribution in [1.29, 1.82) is 0 Å². The molecule has 0 aromatic heterocycles. The number of para-hydroxylation sites is 1. The fourth-order valence-corrected chi connectivity index (χ4v) is 2.69. The summed E-state index contributed by atoms with van der Waals surface area (Å²) in [6.45, 7) is -0.431. The van der Waals surface area contributed by atoms with Crippen LogP contribution >= 0.6 is 0 Å². The van der Waals surface area contributed by atoms with E-state index in [1.165, 1.54) is 0 Å². The second kappa shape index (κ2) is 7.65. The molecular weight excluding hydrogens is 334 g/mol. The lowest BCUT2D eigenvalue weighted by Gasteiger charge is -2.39. The van der Waals surface area contributed by atoms with Crippen LogP contribution in [-0.2, 0) is 9.47 Å². The Hall–Kier alpha value is -1.75. The third-order valence-electron chi connectivity index (χ3n) is 4.13. The van der Waals surface area contributed by atoms with Crippen molar-refractivity contribution in [1.82, 2.24) is 0 Å². The minimum absolute atomic E-state index is 0.140. The summed E-state index contributed by atoms with van der Waals surface area (Å²) in [6.07, 6.45) is -6.85. The molecule has 0 bridgehead atoms. The summed E-state index contributed by atoms with van der Waals surface area (Å²) in [7, 11) is 0. The maximum Gasteiger partial charge on any atom is 0.229 e. The van der Waals surface area contributed by atoms with E-state index in [4.69, 9.17) is 19.3 Å². The van der Waals surface area contributed by atoms with Gasteiger partial charge in [-0.2, -0.15) is 0 Å². The molecule has 2 aliphatic rings. The van der Waals surface area contributed by atoms with Gasteiger partial charge in [-0.3, -0.25) is 0 Å². The van der Waals surface area contributed by atoms with Crippen molar-refractivity contribution in [2.24, 2.45) is 4.99 Å². The van der Waals surface area contributed by atoms with Crippen molar-refractivity contribution in [3.8, 4) is 5.75 Å². The zero-order valence-corrected chi connectivity index (χ0v) is 13.3. The Kier molecular flexibility index (Phi) is 5.52. The van der Waals surface area contributed by atoms with Crippen molar-refractivity contribution in [2.75, 3.05) is 19.8 Å². The number of benzene rings is 1. The molecule has 1 saturated heterocycles. The molecule has 9 heteroatoms. The molecule has 2 heterocycles. The fraction of sp³-hybridized carbons (Fsp3) is 0.562. The second-order valence-electron chi connectivity index (χ2n) is 5.89. The van der Waals surface area contributed by atoms with Gasteiger partial charge in [-0.15, -0.1) is 0 Å². The van der Waals surface area contributed by atoms with Crippen LogP contribution in [0.5, 0.6) is 5.75 Å². The number of aliphatic imine (C=N–C) groups is 1. The van der Waals surface area contributed by atoms with Crippen LogP contribution < -0.4 is 4.74 Å². The average Bonchev–Trinajstić information content (AvgIpc) is 3.11. The first-order chi connectivity index (χ1) is 12.0. The predicted octanol–water partition coefficient (Wildman–Crippen LogP) is -2.00. The van der Waals surface area contributed by atoms with Crippen LogP contribution in [0, 0.1) is 0 Å². The molecule has 0 amide bonds. The van der Waals surface area contributed by atoms with Crippen LogP contribution in [0.4, 0.5) is 0 Å². The van der Waals surface area contributed by atoms with E-state index in [0.29, 0.717) is 11.5 Å². The van der Waals surface area contributed by atoms with E-state index in [1.54, 1.807) is 24.3 Å². The number of nitrogens with zero attached hydrogens (tertiary/aromatic N) is 1. The molecule has 0 spiro atoms. The van der Waals surface area contributed by atoms with Gasteiger partial charge in [0.25, 0.3) is 0 Å². The predicted molar refractivity (Wildman–Crippen MR) is 84.2 cm³/mol. The number of hydrogen-bond donors (Lipinski definition) is 5. The summed E-state index contributed by atoms with van der Waals surface area (Å²) >= 11 is 0. The zero-order valence-electron chi connectivity index (χ0n) is 13.3. The van der Waals surface area contributed by atoms with Gasteiger partial charge in [0.15, 0.2) is 0 Å². The summed E-state index contributed by atoms with van der Waals surface area (Å²) in [6, 6.07) is 6.39. The molecule has 0 saturated carbocycles. The van der Waals surface area contributed by atoms with Gasteiger partial charge in [0.05, 0.1) is 18.8 Å². The third-order valence-corrected chi connectivity index (χ3v) is 4.13. The highest BCUT2D eigenvalue weighted by Crippen LogP contribution is 2.28. The lowest BCUT2D eigenvalue weighted by atomic mass is 9.99. The van der Waals surface area contributed by atoms with Gasteiger partial charge in [0.1, 0.15) is 42.8 Å². The Morgan fingerprint density at radius 3 is 2.48 bits per heavy atom. The van der Waals surface area contributed by atoms with Crippen molar-refractivity contribution < 1.29 is 39.7 Å².